The lowest BCUT2D eigenvalue weighted by Gasteiger charge is -2.31. The first-order valence-electron chi connectivity index (χ1n) is 9.24. The van der Waals surface area contributed by atoms with Gasteiger partial charge in [-0.25, -0.2) is 0 Å². The fourth-order valence-electron chi connectivity index (χ4n) is 3.48. The standard InChI is InChI=1S/C21H27N3O2/c1-3-19-16-23(15-18-13-20(26-2)9-11-22-18)12-10-21(25)24(19)14-17-7-5-4-6-8-17/h4-9,11,13,19H,3,10,12,14-16H2,1-2H3. The summed E-state index contributed by atoms with van der Waals surface area (Å²) < 4.78 is 5.29. The van der Waals surface area contributed by atoms with Crippen molar-refractivity contribution in [2.75, 3.05) is 20.2 Å². The summed E-state index contributed by atoms with van der Waals surface area (Å²) in [6.45, 7) is 5.21. The van der Waals surface area contributed by atoms with Gasteiger partial charge in [-0.15, -0.1) is 0 Å². The Balaban J connectivity index is 1.71. The number of aromatic nitrogens is 1. The molecule has 1 aromatic carbocycles. The quantitative estimate of drug-likeness (QED) is 0.801. The van der Waals surface area contributed by atoms with E-state index in [1.807, 2.05) is 35.2 Å². The summed E-state index contributed by atoms with van der Waals surface area (Å²) in [7, 11) is 1.66. The number of nitrogens with zero attached hydrogens (tertiary/aromatic N) is 3. The minimum atomic E-state index is 0.218. The van der Waals surface area contributed by atoms with Gasteiger partial charge in [0.15, 0.2) is 0 Å². The number of pyridine rings is 1. The van der Waals surface area contributed by atoms with Gasteiger partial charge in [-0.2, -0.15) is 0 Å². The van der Waals surface area contributed by atoms with E-state index >= 15 is 0 Å². The van der Waals surface area contributed by atoms with E-state index in [2.05, 4.69) is 28.9 Å². The lowest BCUT2D eigenvalue weighted by Crippen LogP contribution is -2.42. The Labute approximate surface area is 155 Å². The zero-order valence-corrected chi connectivity index (χ0v) is 15.6. The molecule has 1 aliphatic heterocycles. The number of hydrogen-bond acceptors (Lipinski definition) is 4. The van der Waals surface area contributed by atoms with Crippen LogP contribution in [0.3, 0.4) is 0 Å². The average Bonchev–Trinajstić information content (AvgIpc) is 2.82. The summed E-state index contributed by atoms with van der Waals surface area (Å²) in [5.74, 6) is 1.06. The van der Waals surface area contributed by atoms with Crippen molar-refractivity contribution < 1.29 is 9.53 Å². The minimum Gasteiger partial charge on any atom is -0.497 e. The van der Waals surface area contributed by atoms with Crippen molar-refractivity contribution in [3.8, 4) is 5.75 Å². The summed E-state index contributed by atoms with van der Waals surface area (Å²) in [5, 5.41) is 0. The van der Waals surface area contributed by atoms with Crippen LogP contribution in [0.2, 0.25) is 0 Å². The van der Waals surface area contributed by atoms with Crippen molar-refractivity contribution in [3.63, 3.8) is 0 Å². The number of ether oxygens (including phenoxy) is 1. The van der Waals surface area contributed by atoms with Crippen LogP contribution >= 0.6 is 0 Å². The van der Waals surface area contributed by atoms with Gasteiger partial charge in [-0.3, -0.25) is 14.7 Å². The molecule has 1 aliphatic rings. The fraction of sp³-hybridized carbons (Fsp3) is 0.429. The molecule has 26 heavy (non-hydrogen) atoms. The van der Waals surface area contributed by atoms with Crippen molar-refractivity contribution in [2.24, 2.45) is 0 Å². The Hall–Kier alpha value is -2.40. The maximum absolute atomic E-state index is 12.8. The van der Waals surface area contributed by atoms with Crippen molar-refractivity contribution in [2.45, 2.75) is 38.9 Å². The third-order valence-electron chi connectivity index (χ3n) is 4.95. The molecule has 0 radical (unpaired) electrons. The molecule has 1 saturated heterocycles. The van der Waals surface area contributed by atoms with Crippen molar-refractivity contribution in [3.05, 3.63) is 59.9 Å². The lowest BCUT2D eigenvalue weighted by molar-refractivity contribution is -0.133. The largest absolute Gasteiger partial charge is 0.497 e. The molecule has 138 valence electrons. The van der Waals surface area contributed by atoms with E-state index in [-0.39, 0.29) is 11.9 Å². The molecule has 0 saturated carbocycles. The molecule has 0 bridgehead atoms. The molecule has 1 amide bonds. The molecule has 3 rings (SSSR count). The Morgan fingerprint density at radius 3 is 2.73 bits per heavy atom. The van der Waals surface area contributed by atoms with E-state index < -0.39 is 0 Å². The van der Waals surface area contributed by atoms with Gasteiger partial charge in [-0.1, -0.05) is 37.3 Å². The monoisotopic (exact) mass is 353 g/mol. The Morgan fingerprint density at radius 1 is 1.19 bits per heavy atom. The van der Waals surface area contributed by atoms with Crippen LogP contribution in [0, 0.1) is 0 Å². The zero-order chi connectivity index (χ0) is 18.4. The SMILES string of the molecule is CCC1CN(Cc2cc(OC)ccn2)CCC(=O)N1Cc1ccccc1. The van der Waals surface area contributed by atoms with E-state index in [9.17, 15) is 4.79 Å². The Bertz CT molecular complexity index is 720. The number of hydrogen-bond donors (Lipinski definition) is 0. The van der Waals surface area contributed by atoms with E-state index in [0.717, 1.165) is 37.5 Å². The predicted molar refractivity (Wildman–Crippen MR) is 102 cm³/mol. The fourth-order valence-corrected chi connectivity index (χ4v) is 3.48. The second-order valence-corrected chi connectivity index (χ2v) is 6.74. The highest BCUT2D eigenvalue weighted by Gasteiger charge is 2.28. The molecule has 5 nitrogen and oxygen atoms in total. The van der Waals surface area contributed by atoms with Gasteiger partial charge in [-0.05, 0) is 18.1 Å². The third kappa shape index (κ3) is 4.61. The molecule has 0 aliphatic carbocycles. The second-order valence-electron chi connectivity index (χ2n) is 6.74. The van der Waals surface area contributed by atoms with Gasteiger partial charge >= 0.3 is 0 Å². The molecular weight excluding hydrogens is 326 g/mol. The topological polar surface area (TPSA) is 45.7 Å². The minimum absolute atomic E-state index is 0.218. The lowest BCUT2D eigenvalue weighted by atomic mass is 10.1. The van der Waals surface area contributed by atoms with Gasteiger partial charge in [0, 0.05) is 50.9 Å². The summed E-state index contributed by atoms with van der Waals surface area (Å²) >= 11 is 0. The number of carbonyl (C=O) groups excluding carboxylic acids is 1. The molecule has 5 heteroatoms. The highest BCUT2D eigenvalue weighted by molar-refractivity contribution is 5.77. The number of methoxy groups -OCH3 is 1. The number of rotatable bonds is 6. The second kappa shape index (κ2) is 8.81. The van der Waals surface area contributed by atoms with Gasteiger partial charge in [0.05, 0.1) is 12.8 Å². The van der Waals surface area contributed by atoms with Crippen LogP contribution in [0.25, 0.3) is 0 Å². The van der Waals surface area contributed by atoms with Crippen molar-refractivity contribution in [1.82, 2.24) is 14.8 Å². The summed E-state index contributed by atoms with van der Waals surface area (Å²) in [4.78, 5) is 21.6. The smallest absolute Gasteiger partial charge is 0.224 e. The normalized spacial score (nSPS) is 18.6. The summed E-state index contributed by atoms with van der Waals surface area (Å²) in [6, 6.07) is 14.3. The van der Waals surface area contributed by atoms with Gasteiger partial charge in [0.1, 0.15) is 5.75 Å². The Kier molecular flexibility index (Phi) is 6.23. The molecule has 1 unspecified atom stereocenters. The van der Waals surface area contributed by atoms with E-state index in [4.69, 9.17) is 4.74 Å². The molecule has 0 spiro atoms. The molecular formula is C21H27N3O2. The van der Waals surface area contributed by atoms with Crippen LogP contribution in [0.4, 0.5) is 0 Å². The number of benzene rings is 1. The van der Waals surface area contributed by atoms with E-state index in [1.165, 1.54) is 5.56 Å². The first-order chi connectivity index (χ1) is 12.7. The van der Waals surface area contributed by atoms with Crippen LogP contribution in [0.15, 0.2) is 48.7 Å². The maximum atomic E-state index is 12.8. The van der Waals surface area contributed by atoms with Crippen LogP contribution in [-0.4, -0.2) is 46.9 Å². The molecule has 2 heterocycles. The van der Waals surface area contributed by atoms with Crippen LogP contribution in [-0.2, 0) is 17.9 Å². The summed E-state index contributed by atoms with van der Waals surface area (Å²) in [6.07, 6.45) is 3.27. The van der Waals surface area contributed by atoms with Gasteiger partial charge in [0.2, 0.25) is 5.91 Å². The van der Waals surface area contributed by atoms with Crippen LogP contribution in [0.5, 0.6) is 5.75 Å². The molecule has 1 atom stereocenters. The Morgan fingerprint density at radius 2 is 2.00 bits per heavy atom. The predicted octanol–water partition coefficient (Wildman–Crippen LogP) is 3.10. The number of carbonyl (C=O) groups is 1. The van der Waals surface area contributed by atoms with Crippen LogP contribution < -0.4 is 4.74 Å². The molecule has 1 fully saturated rings. The molecule has 2 aromatic rings. The highest BCUT2D eigenvalue weighted by atomic mass is 16.5. The average molecular weight is 353 g/mol. The molecule has 0 N–H and O–H groups in total. The first-order valence-corrected chi connectivity index (χ1v) is 9.24. The van der Waals surface area contributed by atoms with E-state index in [1.54, 1.807) is 13.3 Å². The van der Waals surface area contributed by atoms with Gasteiger partial charge < -0.3 is 9.64 Å². The molecule has 1 aromatic heterocycles. The zero-order valence-electron chi connectivity index (χ0n) is 15.6. The first kappa shape index (κ1) is 18.4. The maximum Gasteiger partial charge on any atom is 0.224 e. The van der Waals surface area contributed by atoms with E-state index in [0.29, 0.717) is 13.0 Å². The highest BCUT2D eigenvalue weighted by Crippen LogP contribution is 2.20. The number of amides is 1. The third-order valence-corrected chi connectivity index (χ3v) is 4.95. The van der Waals surface area contributed by atoms with Gasteiger partial charge in [0.25, 0.3) is 0 Å². The van der Waals surface area contributed by atoms with Crippen LogP contribution in [0.1, 0.15) is 31.0 Å². The van der Waals surface area contributed by atoms with Crippen molar-refractivity contribution >= 4 is 5.91 Å². The summed E-state index contributed by atoms with van der Waals surface area (Å²) in [5.41, 5.74) is 2.16. The van der Waals surface area contributed by atoms with Crippen molar-refractivity contribution in [1.29, 1.82) is 0 Å².